The maximum absolute atomic E-state index is 7.58. The zero-order valence-electron chi connectivity index (χ0n) is 44.9. The molecule has 0 amide bonds. The third-order valence-electron chi connectivity index (χ3n) is 12.6. The molecule has 2 heterocycles. The van der Waals surface area contributed by atoms with Gasteiger partial charge in [0.25, 0.3) is 0 Å². The molecule has 7 unspecified atom stereocenters. The molecule has 0 radical (unpaired) electrons. The van der Waals surface area contributed by atoms with Crippen molar-refractivity contribution in [3.8, 4) is 0 Å². The predicted molar refractivity (Wildman–Crippen MR) is 292 cm³/mol. The lowest BCUT2D eigenvalue weighted by Gasteiger charge is -2.53. The number of rotatable bonds is 27. The Balaban J connectivity index is 1.44. The highest BCUT2D eigenvalue weighted by Gasteiger charge is 2.56. The molecule has 3 aromatic carbocycles. The van der Waals surface area contributed by atoms with E-state index >= 15 is 0 Å². The quantitative estimate of drug-likeness (QED) is 0.0414. The van der Waals surface area contributed by atoms with Crippen LogP contribution in [0.25, 0.3) is 0 Å². The van der Waals surface area contributed by atoms with Crippen LogP contribution in [0.2, 0.25) is 90.2 Å². The Morgan fingerprint density at radius 1 is 0.529 bits per heavy atom. The molecule has 16 heteroatoms. The van der Waals surface area contributed by atoms with Gasteiger partial charge >= 0.3 is 0 Å². The highest BCUT2D eigenvalue weighted by Crippen LogP contribution is 2.49. The number of hydrogen-bond donors (Lipinski definition) is 0. The van der Waals surface area contributed by atoms with Gasteiger partial charge in [-0.15, -0.1) is 0 Å². The van der Waals surface area contributed by atoms with Crippen LogP contribution in [-0.4, -0.2) is 122 Å². The highest BCUT2D eigenvalue weighted by atomic mass is 28.4. The fraction of sp³-hybridized carbons (Fsp3) is 0.630. The van der Waals surface area contributed by atoms with Crippen LogP contribution in [0.1, 0.15) is 42.9 Å². The smallest absolute Gasteiger partial charge is 0.187 e. The molecule has 0 spiro atoms. The van der Waals surface area contributed by atoms with E-state index in [1.807, 2.05) is 54.6 Å². The molecule has 6 rings (SSSR count). The third kappa shape index (κ3) is 18.4. The van der Waals surface area contributed by atoms with E-state index in [0.717, 1.165) is 30.3 Å². The van der Waals surface area contributed by atoms with Gasteiger partial charge in [-0.05, 0) is 107 Å². The first-order chi connectivity index (χ1) is 33.1. The Hall–Kier alpha value is -2.11. The first-order valence-corrected chi connectivity index (χ1v) is 39.5. The summed E-state index contributed by atoms with van der Waals surface area (Å²) in [6.07, 6.45) is 2.31. The Morgan fingerprint density at radius 2 is 1.01 bits per heavy atom. The molecule has 70 heavy (non-hydrogen) atoms. The topological polar surface area (TPSA) is 102 Å². The lowest BCUT2D eigenvalue weighted by atomic mass is 9.42. The summed E-state index contributed by atoms with van der Waals surface area (Å²) in [6.45, 7) is 30.6. The van der Waals surface area contributed by atoms with Crippen LogP contribution in [-0.2, 0) is 70.7 Å². The standard InChI is InChI=1S/C54H87BO11Si4/c1-14-31-54(32-24-33-54)55-34-35-57-52-50(63-53-51(66-70(11,12)13)49(65-69(8,9)10)47(64-68(5,6)7)45(62-53)40-60-67(2,3)4)48(59-38-43-29-22-17-23-30-43)46(58-37-42-27-20-16-21-28-42)44(61-52)39-56-36-41-25-18-15-19-26-41/h14-23,25-31,44-53,55H,24,32-40H2,1-13H3/b31-14-/t44?,45?,46-,47?,48?,49?,50?,51?,52+,53-/m1/s1. The van der Waals surface area contributed by atoms with Gasteiger partial charge in [0, 0.05) is 6.61 Å². The lowest BCUT2D eigenvalue weighted by molar-refractivity contribution is -0.371. The van der Waals surface area contributed by atoms with Gasteiger partial charge in [-0.3, -0.25) is 0 Å². The van der Waals surface area contributed by atoms with Crippen LogP contribution < -0.4 is 0 Å². The van der Waals surface area contributed by atoms with Gasteiger partial charge in [-0.25, -0.2) is 0 Å². The van der Waals surface area contributed by atoms with Crippen LogP contribution in [0.5, 0.6) is 0 Å². The average molecular weight is 1040 g/mol. The van der Waals surface area contributed by atoms with Crippen LogP contribution in [0.3, 0.4) is 0 Å². The summed E-state index contributed by atoms with van der Waals surface area (Å²) in [5, 5.41) is 0.219. The van der Waals surface area contributed by atoms with E-state index in [4.69, 9.17) is 50.9 Å². The Morgan fingerprint density at radius 3 is 1.51 bits per heavy atom. The maximum atomic E-state index is 7.58. The van der Waals surface area contributed by atoms with Crippen molar-refractivity contribution in [3.05, 3.63) is 120 Å². The molecule has 3 fully saturated rings. The van der Waals surface area contributed by atoms with Gasteiger partial charge in [0.2, 0.25) is 0 Å². The summed E-state index contributed by atoms with van der Waals surface area (Å²) in [5.41, 5.74) is 3.12. The van der Waals surface area contributed by atoms with E-state index in [-0.39, 0.29) is 11.9 Å². The minimum atomic E-state index is -2.32. The second-order valence-corrected chi connectivity index (χ2v) is 41.3. The fourth-order valence-electron chi connectivity index (χ4n) is 9.43. The lowest BCUT2D eigenvalue weighted by Crippen LogP contribution is -2.69. The second kappa shape index (κ2) is 25.9. The van der Waals surface area contributed by atoms with Crippen LogP contribution in [0.4, 0.5) is 0 Å². The van der Waals surface area contributed by atoms with Gasteiger partial charge in [-0.2, -0.15) is 0 Å². The Bertz CT molecular complexity index is 1990. The molecule has 3 aliphatic rings. The first-order valence-electron chi connectivity index (χ1n) is 25.9. The normalized spacial score (nSPS) is 27.6. The molecule has 1 aliphatic carbocycles. The third-order valence-corrected chi connectivity index (χ3v) is 16.5. The molecule has 0 bridgehead atoms. The van der Waals surface area contributed by atoms with Crippen molar-refractivity contribution in [1.29, 1.82) is 0 Å². The summed E-state index contributed by atoms with van der Waals surface area (Å²) in [6, 6.07) is 30.6. The van der Waals surface area contributed by atoms with Crippen molar-refractivity contribution in [1.82, 2.24) is 0 Å². The largest absolute Gasteiger partial charge is 0.415 e. The van der Waals surface area contributed by atoms with Crippen LogP contribution in [0.15, 0.2) is 103 Å². The summed E-state index contributed by atoms with van der Waals surface area (Å²) in [5.74, 6) is 0. The molecular weight excluding hydrogens is 948 g/mol. The van der Waals surface area contributed by atoms with E-state index in [1.54, 1.807) is 0 Å². The molecule has 10 atom stereocenters. The molecule has 11 nitrogen and oxygen atoms in total. The Labute approximate surface area is 426 Å². The monoisotopic (exact) mass is 1030 g/mol. The predicted octanol–water partition coefficient (Wildman–Crippen LogP) is 11.5. The molecule has 0 aromatic heterocycles. The number of hydrogen-bond acceptors (Lipinski definition) is 11. The van der Waals surface area contributed by atoms with Gasteiger partial charge in [0.05, 0.1) is 33.0 Å². The Kier molecular flexibility index (Phi) is 21.2. The zero-order chi connectivity index (χ0) is 50.6. The number of ether oxygens (including phenoxy) is 7. The number of benzene rings is 3. The summed E-state index contributed by atoms with van der Waals surface area (Å²) in [4.78, 5) is 0. The molecule has 0 N–H and O–H groups in total. The zero-order valence-corrected chi connectivity index (χ0v) is 48.9. The molecule has 2 saturated heterocycles. The van der Waals surface area contributed by atoms with E-state index in [9.17, 15) is 0 Å². The van der Waals surface area contributed by atoms with Crippen LogP contribution >= 0.6 is 0 Å². The van der Waals surface area contributed by atoms with E-state index in [2.05, 4.69) is 134 Å². The van der Waals surface area contributed by atoms with E-state index < -0.39 is 94.7 Å². The summed E-state index contributed by atoms with van der Waals surface area (Å²) in [7, 11) is -7.75. The van der Waals surface area contributed by atoms with Crippen molar-refractivity contribution in [2.75, 3.05) is 19.8 Å². The summed E-state index contributed by atoms with van der Waals surface area (Å²) < 4.78 is 78.2. The second-order valence-electron chi connectivity index (χ2n) is 23.4. The van der Waals surface area contributed by atoms with Crippen molar-refractivity contribution in [3.63, 3.8) is 0 Å². The highest BCUT2D eigenvalue weighted by molar-refractivity contribution is 6.71. The first kappa shape index (κ1) is 57.2. The minimum absolute atomic E-state index is 0.219. The maximum Gasteiger partial charge on any atom is 0.187 e. The number of allylic oxidation sites excluding steroid dienone is 2. The van der Waals surface area contributed by atoms with Crippen molar-refractivity contribution in [2.24, 2.45) is 0 Å². The average Bonchev–Trinajstić information content (AvgIpc) is 3.27. The van der Waals surface area contributed by atoms with Crippen molar-refractivity contribution >= 4 is 40.5 Å². The SMILES string of the molecule is C/C=C\C1(BCCO[C@H]2OC(COCc3ccccc3)[C@@H](OCc3ccccc3)C(OCc3ccccc3)C2O[C@H]2OC(CO[Si](C)(C)C)C(O[Si](C)(C)C)C(O[Si](C)(C)C)C2O[Si](C)(C)C)CCC1. The van der Waals surface area contributed by atoms with E-state index in [1.165, 1.54) is 19.3 Å². The van der Waals surface area contributed by atoms with Gasteiger partial charge in [0.1, 0.15) is 56.1 Å². The molecule has 2 aliphatic heterocycles. The summed E-state index contributed by atoms with van der Waals surface area (Å²) >= 11 is 0. The molecule has 388 valence electrons. The minimum Gasteiger partial charge on any atom is -0.415 e. The molecule has 1 saturated carbocycles. The molecule has 3 aromatic rings. The van der Waals surface area contributed by atoms with Gasteiger partial charge in [-0.1, -0.05) is 129 Å². The van der Waals surface area contributed by atoms with E-state index in [0.29, 0.717) is 33.0 Å². The van der Waals surface area contributed by atoms with Crippen molar-refractivity contribution < 1.29 is 50.9 Å². The van der Waals surface area contributed by atoms with Gasteiger partial charge < -0.3 is 50.9 Å². The van der Waals surface area contributed by atoms with Crippen LogP contribution in [0, 0.1) is 0 Å². The van der Waals surface area contributed by atoms with Gasteiger partial charge in [0.15, 0.2) is 45.8 Å². The fourth-order valence-corrected chi connectivity index (χ4v) is 13.3. The molecular formula is C54H87BO11Si4. The van der Waals surface area contributed by atoms with Crippen molar-refractivity contribution in [2.45, 2.75) is 198 Å².